The van der Waals surface area contributed by atoms with E-state index >= 15 is 0 Å². The van der Waals surface area contributed by atoms with Crippen molar-refractivity contribution < 1.29 is 19.1 Å². The third-order valence-electron chi connectivity index (χ3n) is 3.95. The molecular formula is C16H16N2O4. The Balaban J connectivity index is 1.80. The summed E-state index contributed by atoms with van der Waals surface area (Å²) in [4.78, 5) is 42.0. The minimum atomic E-state index is -0.901. The van der Waals surface area contributed by atoms with E-state index in [4.69, 9.17) is 4.74 Å². The Morgan fingerprint density at radius 3 is 2.64 bits per heavy atom. The SMILES string of the molecule is CCOC(=O)C1N=CC2C(=O)N(Cc3ccccc3)C(=O)C21. The molecule has 22 heavy (non-hydrogen) atoms. The number of benzene rings is 1. The summed E-state index contributed by atoms with van der Waals surface area (Å²) in [6, 6.07) is 8.38. The molecule has 0 N–H and O–H groups in total. The van der Waals surface area contributed by atoms with Crippen molar-refractivity contribution >= 4 is 24.0 Å². The van der Waals surface area contributed by atoms with Crippen molar-refractivity contribution in [1.82, 2.24) is 4.90 Å². The quantitative estimate of drug-likeness (QED) is 0.609. The maximum absolute atomic E-state index is 12.5. The van der Waals surface area contributed by atoms with Crippen LogP contribution in [0.25, 0.3) is 0 Å². The molecule has 3 atom stereocenters. The zero-order valence-corrected chi connectivity index (χ0v) is 12.1. The van der Waals surface area contributed by atoms with Crippen molar-refractivity contribution in [1.29, 1.82) is 0 Å². The van der Waals surface area contributed by atoms with Crippen molar-refractivity contribution in [2.75, 3.05) is 6.61 Å². The van der Waals surface area contributed by atoms with Gasteiger partial charge in [-0.15, -0.1) is 0 Å². The summed E-state index contributed by atoms with van der Waals surface area (Å²) in [5.74, 6) is -2.60. The zero-order chi connectivity index (χ0) is 15.7. The minimum Gasteiger partial charge on any atom is -0.464 e. The summed E-state index contributed by atoms with van der Waals surface area (Å²) in [5.41, 5.74) is 0.869. The Hall–Kier alpha value is -2.50. The van der Waals surface area contributed by atoms with E-state index in [0.29, 0.717) is 0 Å². The van der Waals surface area contributed by atoms with E-state index in [1.807, 2.05) is 30.3 Å². The zero-order valence-electron chi connectivity index (χ0n) is 12.1. The normalized spacial score (nSPS) is 26.4. The molecule has 0 aliphatic carbocycles. The fourth-order valence-corrected chi connectivity index (χ4v) is 2.90. The van der Waals surface area contributed by atoms with Crippen molar-refractivity contribution in [2.24, 2.45) is 16.8 Å². The molecular weight excluding hydrogens is 284 g/mol. The van der Waals surface area contributed by atoms with E-state index in [1.54, 1.807) is 6.92 Å². The van der Waals surface area contributed by atoms with Crippen LogP contribution in [-0.4, -0.2) is 41.5 Å². The van der Waals surface area contributed by atoms with Gasteiger partial charge in [-0.1, -0.05) is 30.3 Å². The smallest absolute Gasteiger partial charge is 0.331 e. The Morgan fingerprint density at radius 2 is 1.95 bits per heavy atom. The van der Waals surface area contributed by atoms with E-state index in [9.17, 15) is 14.4 Å². The lowest BCUT2D eigenvalue weighted by molar-refractivity contribution is -0.149. The number of likely N-dealkylation sites (tertiary alicyclic amines) is 1. The number of hydrogen-bond acceptors (Lipinski definition) is 5. The molecule has 1 aromatic rings. The molecule has 0 aromatic heterocycles. The first-order valence-electron chi connectivity index (χ1n) is 7.22. The molecule has 1 fully saturated rings. The van der Waals surface area contributed by atoms with Crippen LogP contribution in [0.4, 0.5) is 0 Å². The van der Waals surface area contributed by atoms with Gasteiger partial charge in [-0.3, -0.25) is 19.5 Å². The number of carbonyl (C=O) groups is 3. The predicted octanol–water partition coefficient (Wildman–Crippen LogP) is 0.804. The number of rotatable bonds is 4. The third-order valence-corrected chi connectivity index (χ3v) is 3.95. The maximum atomic E-state index is 12.5. The lowest BCUT2D eigenvalue weighted by Gasteiger charge is -2.17. The van der Waals surface area contributed by atoms with Gasteiger partial charge in [0.05, 0.1) is 25.0 Å². The summed E-state index contributed by atoms with van der Waals surface area (Å²) in [6.07, 6.45) is 1.41. The first-order chi connectivity index (χ1) is 10.6. The first-order valence-corrected chi connectivity index (χ1v) is 7.22. The number of aliphatic imine (C=N–C) groups is 1. The fraction of sp³-hybridized carbons (Fsp3) is 0.375. The number of amides is 2. The summed E-state index contributed by atoms with van der Waals surface area (Å²) in [5, 5.41) is 0. The fourth-order valence-electron chi connectivity index (χ4n) is 2.90. The topological polar surface area (TPSA) is 76.0 Å². The van der Waals surface area contributed by atoms with Crippen LogP contribution in [0.5, 0.6) is 0 Å². The maximum Gasteiger partial charge on any atom is 0.331 e. The van der Waals surface area contributed by atoms with Crippen molar-refractivity contribution in [2.45, 2.75) is 19.5 Å². The molecule has 0 spiro atoms. The van der Waals surface area contributed by atoms with Gasteiger partial charge in [-0.2, -0.15) is 0 Å². The Kier molecular flexibility index (Phi) is 3.75. The van der Waals surface area contributed by atoms with E-state index in [0.717, 1.165) is 5.56 Å². The number of ether oxygens (including phenoxy) is 1. The average Bonchev–Trinajstić information content (AvgIpc) is 3.05. The van der Waals surface area contributed by atoms with Crippen molar-refractivity contribution in [3.05, 3.63) is 35.9 Å². The van der Waals surface area contributed by atoms with E-state index < -0.39 is 23.8 Å². The second-order valence-corrected chi connectivity index (χ2v) is 5.29. The van der Waals surface area contributed by atoms with E-state index in [-0.39, 0.29) is 25.0 Å². The lowest BCUT2D eigenvalue weighted by Crippen LogP contribution is -2.36. The van der Waals surface area contributed by atoms with Crippen LogP contribution in [0.2, 0.25) is 0 Å². The van der Waals surface area contributed by atoms with Gasteiger partial charge < -0.3 is 4.74 Å². The monoisotopic (exact) mass is 300 g/mol. The summed E-state index contributed by atoms with van der Waals surface area (Å²) < 4.78 is 4.94. The van der Waals surface area contributed by atoms with Gasteiger partial charge in [0.15, 0.2) is 6.04 Å². The molecule has 0 saturated carbocycles. The Labute approximate surface area is 127 Å². The number of carbonyl (C=O) groups excluding carboxylic acids is 3. The van der Waals surface area contributed by atoms with Gasteiger partial charge in [-0.05, 0) is 12.5 Å². The molecule has 2 aliphatic rings. The molecule has 2 heterocycles. The lowest BCUT2D eigenvalue weighted by atomic mass is 9.92. The molecule has 2 aliphatic heterocycles. The highest BCUT2D eigenvalue weighted by molar-refractivity contribution is 6.15. The second kappa shape index (κ2) is 5.71. The number of fused-ring (bicyclic) bond motifs is 1. The van der Waals surface area contributed by atoms with Gasteiger partial charge in [0.2, 0.25) is 11.8 Å². The highest BCUT2D eigenvalue weighted by atomic mass is 16.5. The van der Waals surface area contributed by atoms with Crippen LogP contribution >= 0.6 is 0 Å². The van der Waals surface area contributed by atoms with Crippen LogP contribution in [0.15, 0.2) is 35.3 Å². The van der Waals surface area contributed by atoms with E-state index in [2.05, 4.69) is 4.99 Å². The molecule has 2 amide bonds. The summed E-state index contributed by atoms with van der Waals surface area (Å²) >= 11 is 0. The van der Waals surface area contributed by atoms with Crippen molar-refractivity contribution in [3.63, 3.8) is 0 Å². The molecule has 3 rings (SSSR count). The van der Waals surface area contributed by atoms with Crippen LogP contribution < -0.4 is 0 Å². The molecule has 1 aromatic carbocycles. The summed E-state index contributed by atoms with van der Waals surface area (Å²) in [7, 11) is 0. The van der Waals surface area contributed by atoms with E-state index in [1.165, 1.54) is 11.1 Å². The van der Waals surface area contributed by atoms with Gasteiger partial charge >= 0.3 is 5.97 Å². The molecule has 0 radical (unpaired) electrons. The molecule has 114 valence electrons. The highest BCUT2D eigenvalue weighted by Gasteiger charge is 2.55. The third kappa shape index (κ3) is 2.30. The Morgan fingerprint density at radius 1 is 1.23 bits per heavy atom. The summed E-state index contributed by atoms with van der Waals surface area (Å²) in [6.45, 7) is 2.13. The standard InChI is InChI=1S/C16H16N2O4/c1-2-22-16(21)13-12-11(8-17-13)14(19)18(15(12)20)9-10-6-4-3-5-7-10/h3-8,11-13H,2,9H2,1H3. The number of imide groups is 1. The number of hydrogen-bond donors (Lipinski definition) is 0. The minimum absolute atomic E-state index is 0.217. The second-order valence-electron chi connectivity index (χ2n) is 5.29. The predicted molar refractivity (Wildman–Crippen MR) is 77.9 cm³/mol. The number of nitrogens with zero attached hydrogens (tertiary/aromatic N) is 2. The van der Waals surface area contributed by atoms with Gasteiger partial charge in [0, 0.05) is 6.21 Å². The Bertz CT molecular complexity index is 641. The molecule has 6 nitrogen and oxygen atoms in total. The van der Waals surface area contributed by atoms with Crippen LogP contribution in [0, 0.1) is 11.8 Å². The van der Waals surface area contributed by atoms with Gasteiger partial charge in [0.1, 0.15) is 0 Å². The average molecular weight is 300 g/mol. The van der Waals surface area contributed by atoms with Gasteiger partial charge in [-0.25, -0.2) is 4.79 Å². The van der Waals surface area contributed by atoms with Crippen molar-refractivity contribution in [3.8, 4) is 0 Å². The molecule has 6 heteroatoms. The largest absolute Gasteiger partial charge is 0.464 e. The highest BCUT2D eigenvalue weighted by Crippen LogP contribution is 2.35. The van der Waals surface area contributed by atoms with Crippen LogP contribution in [0.3, 0.4) is 0 Å². The molecule has 0 bridgehead atoms. The molecule has 1 saturated heterocycles. The first kappa shape index (κ1) is 14.4. The van der Waals surface area contributed by atoms with Gasteiger partial charge in [0.25, 0.3) is 0 Å². The number of esters is 1. The van der Waals surface area contributed by atoms with Crippen LogP contribution in [-0.2, 0) is 25.7 Å². The molecule has 3 unspecified atom stereocenters. The van der Waals surface area contributed by atoms with Crippen LogP contribution in [0.1, 0.15) is 12.5 Å².